The summed E-state index contributed by atoms with van der Waals surface area (Å²) >= 11 is 3.08. The number of likely N-dealkylation sites (tertiary alicyclic amines) is 1. The Kier molecular flexibility index (Phi) is 3.61. The number of nitrogens with zero attached hydrogens (tertiary/aromatic N) is 1. The average molecular weight is 355 g/mol. The zero-order valence-corrected chi connectivity index (χ0v) is 12.8. The maximum Gasteiger partial charge on any atom is 0.326 e. The number of hydrogen-bond acceptors (Lipinski definition) is 3. The van der Waals surface area contributed by atoms with Crippen LogP contribution in [-0.4, -0.2) is 39.5 Å². The first-order valence-corrected chi connectivity index (χ1v) is 7.70. The summed E-state index contributed by atoms with van der Waals surface area (Å²) in [5, 5.41) is 9.46. The maximum atomic E-state index is 12.6. The number of H-pyrrole nitrogens is 1. The third kappa shape index (κ3) is 2.39. The van der Waals surface area contributed by atoms with Crippen molar-refractivity contribution in [3.05, 3.63) is 32.7 Å². The van der Waals surface area contributed by atoms with Crippen LogP contribution in [-0.2, 0) is 4.79 Å². The first-order chi connectivity index (χ1) is 9.99. The van der Waals surface area contributed by atoms with Crippen molar-refractivity contribution < 1.29 is 14.7 Å². The van der Waals surface area contributed by atoms with E-state index in [9.17, 15) is 19.5 Å². The predicted molar refractivity (Wildman–Crippen MR) is 78.1 cm³/mol. The van der Waals surface area contributed by atoms with Gasteiger partial charge in [-0.05, 0) is 46.7 Å². The number of hydrogen-bond donors (Lipinski definition) is 2. The lowest BCUT2D eigenvalue weighted by Gasteiger charge is -2.24. The van der Waals surface area contributed by atoms with Crippen LogP contribution in [0.4, 0.5) is 0 Å². The molecule has 1 aliphatic carbocycles. The number of aromatic nitrogens is 1. The van der Waals surface area contributed by atoms with Crippen LogP contribution in [0.5, 0.6) is 0 Å². The van der Waals surface area contributed by atoms with Crippen LogP contribution in [0.1, 0.15) is 29.6 Å². The highest BCUT2D eigenvalue weighted by molar-refractivity contribution is 9.10. The fourth-order valence-electron chi connectivity index (χ4n) is 3.58. The normalized spacial score (nSPS) is 27.7. The van der Waals surface area contributed by atoms with Gasteiger partial charge in [-0.15, -0.1) is 0 Å². The van der Waals surface area contributed by atoms with E-state index in [0.717, 1.165) is 19.3 Å². The van der Waals surface area contributed by atoms with E-state index in [4.69, 9.17) is 0 Å². The fourth-order valence-corrected chi connectivity index (χ4v) is 3.94. The van der Waals surface area contributed by atoms with Gasteiger partial charge in [-0.2, -0.15) is 0 Å². The van der Waals surface area contributed by atoms with Crippen LogP contribution in [0.3, 0.4) is 0 Å². The van der Waals surface area contributed by atoms with Crippen molar-refractivity contribution >= 4 is 27.8 Å². The number of aromatic amines is 1. The number of carboxylic acid groups (broad SMARTS) is 1. The number of rotatable bonds is 2. The van der Waals surface area contributed by atoms with Gasteiger partial charge in [0.05, 0.1) is 10.0 Å². The minimum atomic E-state index is -0.943. The third-order valence-corrected chi connectivity index (χ3v) is 5.10. The summed E-state index contributed by atoms with van der Waals surface area (Å²) in [6.45, 7) is 0.483. The molecule has 3 rings (SSSR count). The summed E-state index contributed by atoms with van der Waals surface area (Å²) in [6, 6.07) is 0.685. The molecule has 0 bridgehead atoms. The van der Waals surface area contributed by atoms with Crippen LogP contribution >= 0.6 is 15.9 Å². The molecule has 0 spiro atoms. The number of carbonyl (C=O) groups excluding carboxylic acids is 1. The van der Waals surface area contributed by atoms with Gasteiger partial charge in [0.2, 0.25) is 0 Å². The van der Waals surface area contributed by atoms with E-state index in [-0.39, 0.29) is 27.8 Å². The van der Waals surface area contributed by atoms with Gasteiger partial charge in [0, 0.05) is 12.7 Å². The molecular weight excluding hydrogens is 340 g/mol. The summed E-state index contributed by atoms with van der Waals surface area (Å²) in [4.78, 5) is 39.4. The average Bonchev–Trinajstić information content (AvgIpc) is 3.00. The molecule has 2 fully saturated rings. The lowest BCUT2D eigenvalue weighted by molar-refractivity contribution is -0.142. The van der Waals surface area contributed by atoms with Crippen LogP contribution in [0.2, 0.25) is 0 Å². The van der Waals surface area contributed by atoms with Crippen molar-refractivity contribution in [2.24, 2.45) is 11.8 Å². The minimum Gasteiger partial charge on any atom is -0.480 e. The molecule has 1 amide bonds. The molecule has 6 nitrogen and oxygen atoms in total. The summed E-state index contributed by atoms with van der Waals surface area (Å²) in [7, 11) is 0. The zero-order valence-electron chi connectivity index (χ0n) is 11.2. The van der Waals surface area contributed by atoms with Crippen LogP contribution in [0.15, 0.2) is 21.5 Å². The maximum absolute atomic E-state index is 12.6. The molecule has 2 heterocycles. The molecule has 1 aliphatic heterocycles. The molecule has 21 heavy (non-hydrogen) atoms. The van der Waals surface area contributed by atoms with Gasteiger partial charge in [-0.3, -0.25) is 9.59 Å². The molecular formula is C14H15BrN2O4. The van der Waals surface area contributed by atoms with E-state index in [1.54, 1.807) is 0 Å². The van der Waals surface area contributed by atoms with Gasteiger partial charge in [0.25, 0.3) is 11.5 Å². The van der Waals surface area contributed by atoms with Crippen molar-refractivity contribution in [3.63, 3.8) is 0 Å². The standard InChI is InChI=1S/C14H15BrN2O4/c15-10-4-8(5-16-12(10)18)13(19)17-6-7-2-1-3-9(7)11(17)14(20)21/h4-5,7,9,11H,1-3,6H2,(H,16,18)(H,20,21). The molecule has 2 aliphatic rings. The van der Waals surface area contributed by atoms with Crippen molar-refractivity contribution in [1.29, 1.82) is 0 Å². The van der Waals surface area contributed by atoms with Crippen molar-refractivity contribution in [3.8, 4) is 0 Å². The summed E-state index contributed by atoms with van der Waals surface area (Å²) in [5.41, 5.74) is -0.0210. The minimum absolute atomic E-state index is 0.0534. The highest BCUT2D eigenvalue weighted by atomic mass is 79.9. The second-order valence-electron chi connectivity index (χ2n) is 5.66. The van der Waals surface area contributed by atoms with Crippen molar-refractivity contribution in [1.82, 2.24) is 9.88 Å². The van der Waals surface area contributed by atoms with E-state index in [2.05, 4.69) is 20.9 Å². The first kappa shape index (κ1) is 14.3. The molecule has 2 N–H and O–H groups in total. The highest BCUT2D eigenvalue weighted by Gasteiger charge is 2.49. The molecule has 0 aromatic carbocycles. The quantitative estimate of drug-likeness (QED) is 0.841. The van der Waals surface area contributed by atoms with Gasteiger partial charge in [0.1, 0.15) is 6.04 Å². The molecule has 1 saturated heterocycles. The smallest absolute Gasteiger partial charge is 0.326 e. The van der Waals surface area contributed by atoms with Crippen LogP contribution < -0.4 is 5.56 Å². The van der Waals surface area contributed by atoms with Crippen LogP contribution in [0, 0.1) is 11.8 Å². The summed E-state index contributed by atoms with van der Waals surface area (Å²) < 4.78 is 0.264. The molecule has 0 radical (unpaired) electrons. The highest BCUT2D eigenvalue weighted by Crippen LogP contribution is 2.42. The number of amides is 1. The van der Waals surface area contributed by atoms with Gasteiger partial charge < -0.3 is 15.0 Å². The molecule has 3 atom stereocenters. The van der Waals surface area contributed by atoms with Gasteiger partial charge in [0.15, 0.2) is 0 Å². The molecule has 1 aromatic heterocycles. The van der Waals surface area contributed by atoms with Gasteiger partial charge in [-0.25, -0.2) is 4.79 Å². The van der Waals surface area contributed by atoms with E-state index in [1.165, 1.54) is 17.2 Å². The zero-order chi connectivity index (χ0) is 15.1. The Balaban J connectivity index is 1.91. The van der Waals surface area contributed by atoms with E-state index in [0.29, 0.717) is 12.1 Å². The number of pyridine rings is 1. The summed E-state index contributed by atoms with van der Waals surface area (Å²) in [6.07, 6.45) is 4.21. The number of aliphatic carboxylic acids is 1. The third-order valence-electron chi connectivity index (χ3n) is 4.51. The Morgan fingerprint density at radius 1 is 1.38 bits per heavy atom. The lowest BCUT2D eigenvalue weighted by Crippen LogP contribution is -2.43. The Labute approximate surface area is 129 Å². The largest absolute Gasteiger partial charge is 0.480 e. The Bertz CT molecular complexity index is 657. The van der Waals surface area contributed by atoms with Gasteiger partial charge in [-0.1, -0.05) is 6.42 Å². The van der Waals surface area contributed by atoms with E-state index < -0.39 is 12.0 Å². The Hall–Kier alpha value is -1.63. The molecule has 1 aromatic rings. The molecule has 3 unspecified atom stereocenters. The SMILES string of the molecule is O=C(O)C1C2CCCC2CN1C(=O)c1c[nH]c(=O)c(Br)c1. The van der Waals surface area contributed by atoms with Gasteiger partial charge >= 0.3 is 5.97 Å². The van der Waals surface area contributed by atoms with E-state index >= 15 is 0 Å². The number of carboxylic acids is 1. The van der Waals surface area contributed by atoms with Crippen molar-refractivity contribution in [2.75, 3.05) is 6.54 Å². The predicted octanol–water partition coefficient (Wildman–Crippen LogP) is 1.46. The fraction of sp³-hybridized carbons (Fsp3) is 0.500. The second kappa shape index (κ2) is 5.29. The van der Waals surface area contributed by atoms with Crippen LogP contribution in [0.25, 0.3) is 0 Å². The van der Waals surface area contributed by atoms with E-state index in [1.807, 2.05) is 0 Å². The number of carbonyl (C=O) groups is 2. The first-order valence-electron chi connectivity index (χ1n) is 6.91. The number of halogens is 1. The molecule has 1 saturated carbocycles. The Morgan fingerprint density at radius 2 is 2.14 bits per heavy atom. The number of nitrogens with one attached hydrogen (secondary N) is 1. The molecule has 112 valence electrons. The van der Waals surface area contributed by atoms with Crippen molar-refractivity contribution in [2.45, 2.75) is 25.3 Å². The monoisotopic (exact) mass is 354 g/mol. The topological polar surface area (TPSA) is 90.5 Å². The Morgan fingerprint density at radius 3 is 2.81 bits per heavy atom. The second-order valence-corrected chi connectivity index (χ2v) is 6.52. The molecule has 7 heteroatoms. The lowest BCUT2D eigenvalue weighted by atomic mass is 9.94. The summed E-state index contributed by atoms with van der Waals surface area (Å²) in [5.74, 6) is -0.950. The number of fused-ring (bicyclic) bond motifs is 1.